The number of aromatic nitrogens is 1. The van der Waals surface area contributed by atoms with E-state index < -0.39 is 5.60 Å². The quantitative estimate of drug-likeness (QED) is 0.520. The first kappa shape index (κ1) is 26.4. The van der Waals surface area contributed by atoms with E-state index in [1.807, 2.05) is 31.9 Å². The summed E-state index contributed by atoms with van der Waals surface area (Å²) in [4.78, 5) is 21.4. The monoisotopic (exact) mass is 534 g/mol. The number of benzene rings is 1. The Balaban J connectivity index is 1.10. The third-order valence-corrected chi connectivity index (χ3v) is 8.68. The van der Waals surface area contributed by atoms with Crippen molar-refractivity contribution < 1.29 is 19.0 Å². The number of carbonyl (C=O) groups is 1. The molecule has 1 amide bonds. The van der Waals surface area contributed by atoms with Crippen LogP contribution >= 0.6 is 0 Å². The molecule has 3 fully saturated rings. The summed E-state index contributed by atoms with van der Waals surface area (Å²) in [6.07, 6.45) is 5.97. The maximum atomic E-state index is 12.3. The van der Waals surface area contributed by atoms with Gasteiger partial charge in [-0.1, -0.05) is 6.07 Å². The summed E-state index contributed by atoms with van der Waals surface area (Å²) in [7, 11) is 0. The molecule has 0 spiro atoms. The van der Waals surface area contributed by atoms with Gasteiger partial charge in [-0.15, -0.1) is 0 Å². The predicted molar refractivity (Wildman–Crippen MR) is 151 cm³/mol. The van der Waals surface area contributed by atoms with E-state index in [1.54, 1.807) is 0 Å². The molecule has 210 valence electrons. The number of anilines is 2. The summed E-state index contributed by atoms with van der Waals surface area (Å²) in [6.45, 7) is 13.1. The zero-order valence-corrected chi connectivity index (χ0v) is 23.7. The van der Waals surface area contributed by atoms with Crippen molar-refractivity contribution in [3.8, 4) is 5.75 Å². The van der Waals surface area contributed by atoms with Gasteiger partial charge in [0.05, 0.1) is 5.69 Å². The molecule has 3 saturated heterocycles. The zero-order chi connectivity index (χ0) is 27.1. The second-order valence-electron chi connectivity index (χ2n) is 12.5. The minimum Gasteiger partial charge on any atom is -0.484 e. The molecule has 4 aliphatic heterocycles. The lowest BCUT2D eigenvalue weighted by atomic mass is 9.87. The van der Waals surface area contributed by atoms with Gasteiger partial charge in [0.1, 0.15) is 23.3 Å². The van der Waals surface area contributed by atoms with Crippen molar-refractivity contribution in [2.45, 2.75) is 83.0 Å². The van der Waals surface area contributed by atoms with E-state index in [9.17, 15) is 4.79 Å². The van der Waals surface area contributed by atoms with Crippen molar-refractivity contribution in [3.63, 3.8) is 0 Å². The fourth-order valence-corrected chi connectivity index (χ4v) is 6.52. The molecule has 1 atom stereocenters. The molecule has 1 N–H and O–H groups in total. The minimum atomic E-state index is -0.447. The highest BCUT2D eigenvalue weighted by Crippen LogP contribution is 2.44. The summed E-state index contributed by atoms with van der Waals surface area (Å²) >= 11 is 0. The molecule has 0 saturated carbocycles. The number of rotatable bonds is 3. The van der Waals surface area contributed by atoms with Crippen LogP contribution in [-0.2, 0) is 9.47 Å². The number of carbonyl (C=O) groups excluding carboxylic acids is 1. The average molecular weight is 535 g/mol. The van der Waals surface area contributed by atoms with Crippen LogP contribution in [0.1, 0.15) is 88.0 Å². The van der Waals surface area contributed by atoms with Crippen LogP contribution in [0.25, 0.3) is 0 Å². The average Bonchev–Trinajstić information content (AvgIpc) is 3.03. The highest BCUT2D eigenvalue weighted by Gasteiger charge is 2.38. The molecular formula is C31H42N4O4. The second-order valence-corrected chi connectivity index (χ2v) is 12.5. The molecule has 0 radical (unpaired) electrons. The maximum absolute atomic E-state index is 12.3. The van der Waals surface area contributed by atoms with Gasteiger partial charge >= 0.3 is 6.09 Å². The van der Waals surface area contributed by atoms with Crippen molar-refractivity contribution in [1.82, 2.24) is 14.8 Å². The third-order valence-electron chi connectivity index (χ3n) is 8.68. The Morgan fingerprint density at radius 3 is 2.51 bits per heavy atom. The summed E-state index contributed by atoms with van der Waals surface area (Å²) in [5.74, 6) is 2.79. The van der Waals surface area contributed by atoms with E-state index in [1.165, 1.54) is 16.7 Å². The molecule has 1 aromatic carbocycles. The van der Waals surface area contributed by atoms with Gasteiger partial charge in [-0.05, 0) is 108 Å². The van der Waals surface area contributed by atoms with Crippen LogP contribution in [0, 0.1) is 0 Å². The Morgan fingerprint density at radius 1 is 1.05 bits per heavy atom. The molecule has 8 heteroatoms. The van der Waals surface area contributed by atoms with Crippen LogP contribution in [0.2, 0.25) is 0 Å². The van der Waals surface area contributed by atoms with E-state index in [0.717, 1.165) is 82.3 Å². The molecule has 0 aliphatic carbocycles. The van der Waals surface area contributed by atoms with Gasteiger partial charge in [0.15, 0.2) is 0 Å². The van der Waals surface area contributed by atoms with Crippen LogP contribution in [0.4, 0.5) is 16.3 Å². The number of piperidine rings is 1. The molecule has 2 aromatic rings. The minimum absolute atomic E-state index is 0.0721. The zero-order valence-electron chi connectivity index (χ0n) is 23.7. The lowest BCUT2D eigenvalue weighted by Crippen LogP contribution is -2.62. The van der Waals surface area contributed by atoms with E-state index in [2.05, 4.69) is 41.4 Å². The number of nitrogens with one attached hydrogen (secondary N) is 1. The van der Waals surface area contributed by atoms with Gasteiger partial charge < -0.3 is 24.4 Å². The lowest BCUT2D eigenvalue weighted by Gasteiger charge is -2.47. The summed E-state index contributed by atoms with van der Waals surface area (Å²) < 4.78 is 17.6. The normalized spacial score (nSPS) is 23.1. The number of amides is 1. The molecule has 6 rings (SSSR count). The summed E-state index contributed by atoms with van der Waals surface area (Å²) in [5, 5.41) is 3.64. The van der Waals surface area contributed by atoms with E-state index in [0.29, 0.717) is 17.9 Å². The van der Waals surface area contributed by atoms with Crippen LogP contribution in [0.15, 0.2) is 30.5 Å². The Bertz CT molecular complexity index is 1190. The van der Waals surface area contributed by atoms with Crippen LogP contribution in [0.3, 0.4) is 0 Å². The Kier molecular flexibility index (Phi) is 7.18. The molecule has 4 aliphatic rings. The molecular weight excluding hydrogens is 492 g/mol. The number of hydrogen-bond acceptors (Lipinski definition) is 7. The largest absolute Gasteiger partial charge is 0.484 e. The summed E-state index contributed by atoms with van der Waals surface area (Å²) in [6, 6.07) is 9.25. The Hall–Kier alpha value is -2.84. The molecule has 1 unspecified atom stereocenters. The number of ether oxygens (including phenoxy) is 3. The topological polar surface area (TPSA) is 76.2 Å². The maximum Gasteiger partial charge on any atom is 0.410 e. The van der Waals surface area contributed by atoms with Crippen molar-refractivity contribution in [3.05, 3.63) is 47.2 Å². The highest BCUT2D eigenvalue weighted by molar-refractivity contribution is 5.70. The van der Waals surface area contributed by atoms with Crippen molar-refractivity contribution in [1.29, 1.82) is 0 Å². The number of likely N-dealkylation sites (tertiary alicyclic amines) is 2. The first-order valence-electron chi connectivity index (χ1n) is 14.6. The van der Waals surface area contributed by atoms with Crippen LogP contribution in [-0.4, -0.2) is 71.9 Å². The van der Waals surface area contributed by atoms with Gasteiger partial charge in [0.25, 0.3) is 0 Å². The second kappa shape index (κ2) is 10.6. The smallest absolute Gasteiger partial charge is 0.410 e. The van der Waals surface area contributed by atoms with Gasteiger partial charge in [-0.25, -0.2) is 9.78 Å². The SMILES string of the molecule is CC1Oc2ccc(C3CCN(C4CN(C(=O)OC(C)(C)C)C4)CC3)cc2Nc2nccc(C3CCOCC3)c21. The highest BCUT2D eigenvalue weighted by atomic mass is 16.6. The molecule has 5 heterocycles. The molecule has 0 bridgehead atoms. The third kappa shape index (κ3) is 5.59. The number of fused-ring (bicyclic) bond motifs is 2. The van der Waals surface area contributed by atoms with Gasteiger partial charge in [-0.3, -0.25) is 4.90 Å². The van der Waals surface area contributed by atoms with Crippen molar-refractivity contribution in [2.75, 3.05) is 44.7 Å². The predicted octanol–water partition coefficient (Wildman–Crippen LogP) is 5.97. The fourth-order valence-electron chi connectivity index (χ4n) is 6.52. The lowest BCUT2D eigenvalue weighted by molar-refractivity contribution is -0.0196. The molecule has 39 heavy (non-hydrogen) atoms. The molecule has 1 aromatic heterocycles. The van der Waals surface area contributed by atoms with Crippen LogP contribution < -0.4 is 10.1 Å². The van der Waals surface area contributed by atoms with Gasteiger partial charge in [0, 0.05) is 44.1 Å². The number of pyridine rings is 1. The van der Waals surface area contributed by atoms with Crippen molar-refractivity contribution >= 4 is 17.6 Å². The Labute approximate surface area is 232 Å². The van der Waals surface area contributed by atoms with Gasteiger partial charge in [-0.2, -0.15) is 0 Å². The Morgan fingerprint density at radius 2 is 1.79 bits per heavy atom. The first-order valence-corrected chi connectivity index (χ1v) is 14.6. The number of hydrogen-bond donors (Lipinski definition) is 1. The standard InChI is InChI=1S/C31H42N4O4/c1-20-28-25(22-10-15-37-16-11-22)7-12-32-29(28)33-26-17-23(5-6-27(26)38-20)21-8-13-34(14-9-21)24-18-35(19-24)30(36)39-31(2,3)4/h5-7,12,17,20-22,24H,8-11,13-16,18-19H2,1-4H3,(H,32,33). The summed E-state index contributed by atoms with van der Waals surface area (Å²) in [5.41, 5.74) is 4.42. The van der Waals surface area contributed by atoms with Crippen molar-refractivity contribution in [2.24, 2.45) is 0 Å². The van der Waals surface area contributed by atoms with Crippen LogP contribution in [0.5, 0.6) is 5.75 Å². The first-order chi connectivity index (χ1) is 18.7. The molecule has 8 nitrogen and oxygen atoms in total. The van der Waals surface area contributed by atoms with E-state index in [4.69, 9.17) is 19.2 Å². The fraction of sp³-hybridized carbons (Fsp3) is 0.613. The van der Waals surface area contributed by atoms with Gasteiger partial charge in [0.2, 0.25) is 0 Å². The van der Waals surface area contributed by atoms with E-state index >= 15 is 0 Å². The number of nitrogens with zero attached hydrogens (tertiary/aromatic N) is 3. The van der Waals surface area contributed by atoms with E-state index in [-0.39, 0.29) is 12.2 Å².